The normalized spacial score (nSPS) is 17.2. The van der Waals surface area contributed by atoms with Crippen LogP contribution in [0, 0.1) is 0 Å². The number of benzene rings is 2. The number of para-hydroxylation sites is 1. The largest absolute Gasteiger partial charge is 0.465 e. The number of hydrogen-bond donors (Lipinski definition) is 0. The molecule has 1 unspecified atom stereocenters. The van der Waals surface area contributed by atoms with Crippen LogP contribution in [0.2, 0.25) is 0 Å². The van der Waals surface area contributed by atoms with Gasteiger partial charge in [0.1, 0.15) is 0 Å². The van der Waals surface area contributed by atoms with Gasteiger partial charge in [-0.1, -0.05) is 18.2 Å². The number of rotatable bonds is 5. The van der Waals surface area contributed by atoms with E-state index < -0.39 is 0 Å². The highest BCUT2D eigenvalue weighted by Gasteiger charge is 2.26. The Labute approximate surface area is 166 Å². The van der Waals surface area contributed by atoms with Crippen LogP contribution in [0.4, 0.5) is 11.4 Å². The molecular formula is C22H27N3O3. The summed E-state index contributed by atoms with van der Waals surface area (Å²) in [6.07, 6.45) is 0. The molecule has 0 aromatic heterocycles. The van der Waals surface area contributed by atoms with Crippen molar-refractivity contribution in [3.63, 3.8) is 0 Å². The highest BCUT2D eigenvalue weighted by Crippen LogP contribution is 2.21. The van der Waals surface area contributed by atoms with Crippen molar-refractivity contribution >= 4 is 23.3 Å². The fraction of sp³-hybridized carbons (Fsp3) is 0.364. The average molecular weight is 381 g/mol. The number of methoxy groups -OCH3 is 1. The summed E-state index contributed by atoms with van der Waals surface area (Å²) in [5.74, 6) is -0.236. The molecule has 0 radical (unpaired) electrons. The number of amides is 1. The van der Waals surface area contributed by atoms with Crippen molar-refractivity contribution in [2.45, 2.75) is 13.0 Å². The lowest BCUT2D eigenvalue weighted by molar-refractivity contribution is -0.120. The Hall–Kier alpha value is -2.86. The molecule has 1 atom stereocenters. The van der Waals surface area contributed by atoms with Gasteiger partial charge in [0.05, 0.1) is 19.2 Å². The molecule has 1 amide bonds. The fourth-order valence-electron chi connectivity index (χ4n) is 3.47. The van der Waals surface area contributed by atoms with Crippen molar-refractivity contribution in [2.75, 3.05) is 50.1 Å². The van der Waals surface area contributed by atoms with Crippen LogP contribution in [0.1, 0.15) is 17.3 Å². The lowest BCUT2D eigenvalue weighted by Gasteiger charge is -2.41. The summed E-state index contributed by atoms with van der Waals surface area (Å²) < 4.78 is 4.75. The van der Waals surface area contributed by atoms with Gasteiger partial charge in [0.15, 0.2) is 0 Å². The van der Waals surface area contributed by atoms with Gasteiger partial charge < -0.3 is 14.5 Å². The second-order valence-corrected chi connectivity index (χ2v) is 7.09. The van der Waals surface area contributed by atoms with Gasteiger partial charge in [0.2, 0.25) is 5.91 Å². The highest BCUT2D eigenvalue weighted by molar-refractivity contribution is 5.94. The van der Waals surface area contributed by atoms with E-state index in [1.54, 1.807) is 17.0 Å². The molecule has 1 aliphatic heterocycles. The Morgan fingerprint density at radius 3 is 2.36 bits per heavy atom. The fourth-order valence-corrected chi connectivity index (χ4v) is 3.47. The molecule has 3 rings (SSSR count). The molecule has 1 heterocycles. The standard InChI is InChI=1S/C22H27N3O3/c1-17-15-25(20-11-9-18(10-12-20)22(27)28-3)14-13-24(17)16-21(26)23(2)19-7-5-4-6-8-19/h4-12,17H,13-16H2,1-3H3. The number of esters is 1. The van der Waals surface area contributed by atoms with E-state index in [0.29, 0.717) is 12.1 Å². The minimum absolute atomic E-state index is 0.0916. The monoisotopic (exact) mass is 381 g/mol. The maximum atomic E-state index is 12.7. The van der Waals surface area contributed by atoms with Gasteiger partial charge in [-0.2, -0.15) is 0 Å². The van der Waals surface area contributed by atoms with E-state index in [9.17, 15) is 9.59 Å². The van der Waals surface area contributed by atoms with E-state index in [1.807, 2.05) is 49.5 Å². The molecule has 148 valence electrons. The first-order valence-electron chi connectivity index (χ1n) is 9.48. The summed E-state index contributed by atoms with van der Waals surface area (Å²) >= 11 is 0. The van der Waals surface area contributed by atoms with Crippen molar-refractivity contribution in [1.29, 1.82) is 0 Å². The summed E-state index contributed by atoms with van der Waals surface area (Å²) in [7, 11) is 3.20. The zero-order valence-corrected chi connectivity index (χ0v) is 16.7. The molecule has 1 fully saturated rings. The van der Waals surface area contributed by atoms with Gasteiger partial charge in [-0.3, -0.25) is 9.69 Å². The molecule has 1 aliphatic rings. The van der Waals surface area contributed by atoms with E-state index in [-0.39, 0.29) is 17.9 Å². The number of carbonyl (C=O) groups is 2. The summed E-state index contributed by atoms with van der Waals surface area (Å²) in [5, 5.41) is 0. The van der Waals surface area contributed by atoms with Gasteiger partial charge in [-0.15, -0.1) is 0 Å². The van der Waals surface area contributed by atoms with E-state index in [2.05, 4.69) is 16.7 Å². The number of piperazine rings is 1. The molecule has 2 aromatic carbocycles. The lowest BCUT2D eigenvalue weighted by Crippen LogP contribution is -2.54. The maximum absolute atomic E-state index is 12.7. The third-order valence-corrected chi connectivity index (χ3v) is 5.27. The minimum atomic E-state index is -0.328. The van der Waals surface area contributed by atoms with Crippen LogP contribution < -0.4 is 9.80 Å². The maximum Gasteiger partial charge on any atom is 0.337 e. The van der Waals surface area contributed by atoms with Gasteiger partial charge in [-0.05, 0) is 43.3 Å². The molecule has 1 saturated heterocycles. The first kappa shape index (κ1) is 19.9. The Balaban J connectivity index is 1.57. The molecule has 0 bridgehead atoms. The van der Waals surface area contributed by atoms with Gasteiger partial charge in [0.25, 0.3) is 0 Å². The molecule has 0 N–H and O–H groups in total. The highest BCUT2D eigenvalue weighted by atomic mass is 16.5. The van der Waals surface area contributed by atoms with Crippen molar-refractivity contribution in [2.24, 2.45) is 0 Å². The van der Waals surface area contributed by atoms with Crippen molar-refractivity contribution in [1.82, 2.24) is 4.90 Å². The minimum Gasteiger partial charge on any atom is -0.465 e. The van der Waals surface area contributed by atoms with E-state index in [1.165, 1.54) is 7.11 Å². The Bertz CT molecular complexity index is 808. The zero-order valence-electron chi connectivity index (χ0n) is 16.7. The van der Waals surface area contributed by atoms with Crippen LogP contribution in [-0.2, 0) is 9.53 Å². The number of likely N-dealkylation sites (N-methyl/N-ethyl adjacent to an activating group) is 1. The summed E-state index contributed by atoms with van der Waals surface area (Å²) in [5.41, 5.74) is 2.53. The van der Waals surface area contributed by atoms with E-state index in [0.717, 1.165) is 31.0 Å². The second-order valence-electron chi connectivity index (χ2n) is 7.09. The van der Waals surface area contributed by atoms with E-state index >= 15 is 0 Å². The molecule has 28 heavy (non-hydrogen) atoms. The second kappa shape index (κ2) is 8.89. The summed E-state index contributed by atoms with van der Waals surface area (Å²) in [6, 6.07) is 17.4. The van der Waals surface area contributed by atoms with Crippen LogP contribution in [0.3, 0.4) is 0 Å². The van der Waals surface area contributed by atoms with Crippen LogP contribution in [0.25, 0.3) is 0 Å². The Morgan fingerprint density at radius 1 is 1.07 bits per heavy atom. The number of ether oxygens (including phenoxy) is 1. The molecule has 0 spiro atoms. The molecule has 0 saturated carbocycles. The average Bonchev–Trinajstić information content (AvgIpc) is 2.74. The van der Waals surface area contributed by atoms with Gasteiger partial charge in [-0.25, -0.2) is 4.79 Å². The molecule has 2 aromatic rings. The van der Waals surface area contributed by atoms with Crippen molar-refractivity contribution < 1.29 is 14.3 Å². The number of carbonyl (C=O) groups excluding carboxylic acids is 2. The molecule has 6 nitrogen and oxygen atoms in total. The Morgan fingerprint density at radius 2 is 1.75 bits per heavy atom. The Kier molecular flexibility index (Phi) is 6.31. The molecule has 6 heteroatoms. The molecular weight excluding hydrogens is 354 g/mol. The van der Waals surface area contributed by atoms with E-state index in [4.69, 9.17) is 4.74 Å². The topological polar surface area (TPSA) is 53.1 Å². The first-order chi connectivity index (χ1) is 13.5. The predicted octanol–water partition coefficient (Wildman–Crippen LogP) is 2.65. The van der Waals surface area contributed by atoms with Crippen LogP contribution >= 0.6 is 0 Å². The van der Waals surface area contributed by atoms with Crippen LogP contribution in [0.15, 0.2) is 54.6 Å². The predicted molar refractivity (Wildman–Crippen MR) is 111 cm³/mol. The van der Waals surface area contributed by atoms with Gasteiger partial charge in [0, 0.05) is 44.1 Å². The van der Waals surface area contributed by atoms with Crippen LogP contribution in [0.5, 0.6) is 0 Å². The number of nitrogens with zero attached hydrogens (tertiary/aromatic N) is 3. The zero-order chi connectivity index (χ0) is 20.1. The van der Waals surface area contributed by atoms with Crippen molar-refractivity contribution in [3.05, 3.63) is 60.2 Å². The molecule has 0 aliphatic carbocycles. The summed E-state index contributed by atoms with van der Waals surface area (Å²) in [6.45, 7) is 5.03. The summed E-state index contributed by atoms with van der Waals surface area (Å²) in [4.78, 5) is 30.5. The quantitative estimate of drug-likeness (QED) is 0.746. The lowest BCUT2D eigenvalue weighted by atomic mass is 10.1. The third-order valence-electron chi connectivity index (χ3n) is 5.27. The van der Waals surface area contributed by atoms with Crippen molar-refractivity contribution in [3.8, 4) is 0 Å². The van der Waals surface area contributed by atoms with Gasteiger partial charge >= 0.3 is 5.97 Å². The van der Waals surface area contributed by atoms with Crippen LogP contribution in [-0.4, -0.2) is 63.2 Å². The number of hydrogen-bond acceptors (Lipinski definition) is 5. The smallest absolute Gasteiger partial charge is 0.337 e. The third kappa shape index (κ3) is 4.51. The SMILES string of the molecule is COC(=O)c1ccc(N2CCN(CC(=O)N(C)c3ccccc3)C(C)C2)cc1. The number of anilines is 2. The first-order valence-corrected chi connectivity index (χ1v) is 9.48.